The molecule has 2 rings (SSSR count). The second-order valence-corrected chi connectivity index (χ2v) is 8.77. The number of hydrogen-bond donors (Lipinski definition) is 0. The summed E-state index contributed by atoms with van der Waals surface area (Å²) in [6, 6.07) is 4.76. The molecule has 0 radical (unpaired) electrons. The molecule has 7 nitrogen and oxygen atoms in total. The van der Waals surface area contributed by atoms with Gasteiger partial charge in [-0.1, -0.05) is 18.3 Å². The van der Waals surface area contributed by atoms with Crippen molar-refractivity contribution in [3.8, 4) is 0 Å². The summed E-state index contributed by atoms with van der Waals surface area (Å²) in [6.07, 6.45) is 2.31. The minimum Gasteiger partial charge on any atom is -0.466 e. The van der Waals surface area contributed by atoms with Gasteiger partial charge in [0.1, 0.15) is 0 Å². The van der Waals surface area contributed by atoms with Gasteiger partial charge in [-0.3, -0.25) is 9.59 Å². The van der Waals surface area contributed by atoms with Crippen LogP contribution in [0.25, 0.3) is 10.2 Å². The van der Waals surface area contributed by atoms with Crippen LogP contribution in [0.5, 0.6) is 0 Å². The van der Waals surface area contributed by atoms with Crippen molar-refractivity contribution in [1.82, 2.24) is 4.57 Å². The molecular weight excluding hydrogens is 376 g/mol. The normalized spacial score (nSPS) is 12.5. The summed E-state index contributed by atoms with van der Waals surface area (Å²) in [5, 5.41) is 0. The number of rotatable bonds is 7. The third-order valence-electron chi connectivity index (χ3n) is 3.61. The summed E-state index contributed by atoms with van der Waals surface area (Å²) < 4.78 is 31.0. The van der Waals surface area contributed by atoms with Gasteiger partial charge in [0.2, 0.25) is 5.91 Å². The minimum absolute atomic E-state index is 0.142. The van der Waals surface area contributed by atoms with Gasteiger partial charge in [-0.15, -0.1) is 0 Å². The van der Waals surface area contributed by atoms with Gasteiger partial charge in [0.15, 0.2) is 14.6 Å². The second kappa shape index (κ2) is 8.59. The lowest BCUT2D eigenvalue weighted by Crippen LogP contribution is -2.19. The molecule has 0 spiro atoms. The van der Waals surface area contributed by atoms with Gasteiger partial charge in [0, 0.05) is 19.2 Å². The topological polar surface area (TPSA) is 94.8 Å². The number of fused-ring (bicyclic) bond motifs is 1. The lowest BCUT2D eigenvalue weighted by Gasteiger charge is -2.06. The van der Waals surface area contributed by atoms with Crippen LogP contribution < -0.4 is 4.80 Å². The number of benzene rings is 1. The summed E-state index contributed by atoms with van der Waals surface area (Å²) in [6.45, 7) is 4.24. The monoisotopic (exact) mass is 398 g/mol. The summed E-state index contributed by atoms with van der Waals surface area (Å²) in [4.78, 5) is 28.4. The molecule has 9 heteroatoms. The predicted octanol–water partition coefficient (Wildman–Crippen LogP) is 2.29. The fourth-order valence-electron chi connectivity index (χ4n) is 2.40. The first-order chi connectivity index (χ1) is 12.3. The maximum absolute atomic E-state index is 11.9. The largest absolute Gasteiger partial charge is 0.466 e. The van der Waals surface area contributed by atoms with Crippen molar-refractivity contribution in [1.29, 1.82) is 0 Å². The Bertz CT molecular complexity index is 986. The van der Waals surface area contributed by atoms with Crippen LogP contribution in [0, 0.1) is 0 Å². The molecule has 0 aliphatic rings. The Morgan fingerprint density at radius 1 is 1.23 bits per heavy atom. The maximum atomic E-state index is 11.9. The van der Waals surface area contributed by atoms with Crippen LogP contribution in [0.15, 0.2) is 28.1 Å². The van der Waals surface area contributed by atoms with Crippen molar-refractivity contribution >= 4 is 43.3 Å². The summed E-state index contributed by atoms with van der Waals surface area (Å²) >= 11 is 1.23. The number of aromatic nitrogens is 1. The lowest BCUT2D eigenvalue weighted by atomic mass is 10.3. The van der Waals surface area contributed by atoms with Gasteiger partial charge in [-0.25, -0.2) is 8.42 Å². The Kier molecular flexibility index (Phi) is 6.71. The van der Waals surface area contributed by atoms with Crippen LogP contribution >= 0.6 is 11.3 Å². The number of esters is 1. The third kappa shape index (κ3) is 5.01. The smallest absolute Gasteiger partial charge is 0.307 e. The fraction of sp³-hybridized carbons (Fsp3) is 0.471. The quantitative estimate of drug-likeness (QED) is 0.667. The zero-order valence-electron chi connectivity index (χ0n) is 15.0. The lowest BCUT2D eigenvalue weighted by molar-refractivity contribution is -0.143. The summed E-state index contributed by atoms with van der Waals surface area (Å²) in [5.74, 6) is -0.579. The number of sulfone groups is 1. The number of carbonyl (C=O) groups is 2. The fourth-order valence-corrected chi connectivity index (χ4v) is 4.23. The van der Waals surface area contributed by atoms with Crippen LogP contribution in [0.2, 0.25) is 0 Å². The van der Waals surface area contributed by atoms with E-state index in [4.69, 9.17) is 4.74 Å². The highest BCUT2D eigenvalue weighted by molar-refractivity contribution is 7.90. The maximum Gasteiger partial charge on any atom is 0.307 e. The van der Waals surface area contributed by atoms with Crippen molar-refractivity contribution in [3.05, 3.63) is 23.0 Å². The zero-order chi connectivity index (χ0) is 19.3. The van der Waals surface area contributed by atoms with Crippen LogP contribution in [0.1, 0.15) is 33.1 Å². The molecule has 0 fully saturated rings. The molecule has 1 amide bonds. The van der Waals surface area contributed by atoms with Crippen molar-refractivity contribution in [2.24, 2.45) is 4.99 Å². The summed E-state index contributed by atoms with van der Waals surface area (Å²) in [7, 11) is -3.34. The average Bonchev–Trinajstić information content (AvgIpc) is 2.88. The first kappa shape index (κ1) is 20.3. The highest BCUT2D eigenvalue weighted by Crippen LogP contribution is 2.22. The molecule has 0 bridgehead atoms. The summed E-state index contributed by atoms with van der Waals surface area (Å²) in [5.41, 5.74) is 0.731. The molecule has 0 saturated carbocycles. The first-order valence-electron chi connectivity index (χ1n) is 8.33. The number of carbonyl (C=O) groups excluding carboxylic acids is 2. The predicted molar refractivity (Wildman–Crippen MR) is 99.7 cm³/mol. The van der Waals surface area contributed by atoms with Gasteiger partial charge in [0.05, 0.1) is 28.1 Å². The van der Waals surface area contributed by atoms with E-state index in [1.165, 1.54) is 17.4 Å². The molecule has 1 aromatic heterocycles. The van der Waals surface area contributed by atoms with Gasteiger partial charge < -0.3 is 9.30 Å². The zero-order valence-corrected chi connectivity index (χ0v) is 16.7. The first-order valence-corrected chi connectivity index (χ1v) is 11.0. The van der Waals surface area contributed by atoms with Crippen LogP contribution in [0.4, 0.5) is 0 Å². The molecule has 0 unspecified atom stereocenters. The van der Waals surface area contributed by atoms with E-state index in [2.05, 4.69) is 4.99 Å². The SMILES string of the molecule is CCCC(=O)N=c1sc2cc(S(C)(=O)=O)ccc2n1CCC(=O)OCC. The Morgan fingerprint density at radius 3 is 2.58 bits per heavy atom. The molecule has 0 aliphatic heterocycles. The van der Waals surface area contributed by atoms with Crippen molar-refractivity contribution in [2.75, 3.05) is 12.9 Å². The van der Waals surface area contributed by atoms with Crippen LogP contribution in [0.3, 0.4) is 0 Å². The number of ether oxygens (including phenoxy) is 1. The van der Waals surface area contributed by atoms with Gasteiger partial charge in [-0.2, -0.15) is 4.99 Å². The molecule has 26 heavy (non-hydrogen) atoms. The standard InChI is InChI=1S/C17H22N2O5S2/c1-4-6-15(20)18-17-19(10-9-16(21)24-5-2)13-8-7-12(26(3,22)23)11-14(13)25-17/h7-8,11H,4-6,9-10H2,1-3H3. The Morgan fingerprint density at radius 2 is 1.96 bits per heavy atom. The molecule has 142 valence electrons. The van der Waals surface area contributed by atoms with Crippen molar-refractivity contribution < 1.29 is 22.7 Å². The van der Waals surface area contributed by atoms with Gasteiger partial charge in [-0.05, 0) is 31.5 Å². The van der Waals surface area contributed by atoms with E-state index in [1.807, 2.05) is 6.92 Å². The van der Waals surface area contributed by atoms with Crippen molar-refractivity contribution in [3.63, 3.8) is 0 Å². The van der Waals surface area contributed by atoms with Gasteiger partial charge >= 0.3 is 5.97 Å². The van der Waals surface area contributed by atoms with E-state index >= 15 is 0 Å². The molecule has 0 atom stereocenters. The number of aryl methyl sites for hydroxylation is 1. The minimum atomic E-state index is -3.34. The Hall–Kier alpha value is -2.00. The third-order valence-corrected chi connectivity index (χ3v) is 5.76. The highest BCUT2D eigenvalue weighted by atomic mass is 32.2. The van der Waals surface area contributed by atoms with Crippen molar-refractivity contribution in [2.45, 2.75) is 44.6 Å². The number of nitrogens with zero attached hydrogens (tertiary/aromatic N) is 2. The van der Waals surface area contributed by atoms with Gasteiger partial charge in [0.25, 0.3) is 0 Å². The molecule has 0 saturated heterocycles. The molecule has 1 heterocycles. The van der Waals surface area contributed by atoms with E-state index in [0.29, 0.717) is 35.5 Å². The Labute approximate surface area is 156 Å². The number of amides is 1. The van der Waals surface area contributed by atoms with E-state index in [0.717, 1.165) is 11.8 Å². The molecule has 0 aliphatic carbocycles. The second-order valence-electron chi connectivity index (χ2n) is 5.75. The molecule has 1 aromatic carbocycles. The molecule has 0 N–H and O–H groups in total. The number of hydrogen-bond acceptors (Lipinski definition) is 6. The highest BCUT2D eigenvalue weighted by Gasteiger charge is 2.14. The molecule has 2 aromatic rings. The van der Waals surface area contributed by atoms with E-state index in [-0.39, 0.29) is 23.2 Å². The van der Waals surface area contributed by atoms with Crippen LogP contribution in [-0.4, -0.2) is 37.7 Å². The van der Waals surface area contributed by atoms with Crippen LogP contribution in [-0.2, 0) is 30.7 Å². The van der Waals surface area contributed by atoms with E-state index in [9.17, 15) is 18.0 Å². The average molecular weight is 399 g/mol. The Balaban J connectivity index is 2.53. The van der Waals surface area contributed by atoms with E-state index in [1.54, 1.807) is 23.6 Å². The van der Waals surface area contributed by atoms with E-state index < -0.39 is 9.84 Å². The molecular formula is C17H22N2O5S2. The number of thiazole rings is 1.